The number of rotatable bonds is 5. The molecule has 1 aliphatic carbocycles. The molecule has 1 spiro atoms. The maximum absolute atomic E-state index is 12.5. The minimum absolute atomic E-state index is 0.184. The van der Waals surface area contributed by atoms with E-state index in [1.165, 1.54) is 18.9 Å². The molecule has 8 heteroatoms. The molecule has 1 atom stereocenters. The van der Waals surface area contributed by atoms with E-state index in [-0.39, 0.29) is 17.4 Å². The van der Waals surface area contributed by atoms with Crippen LogP contribution in [0.2, 0.25) is 0 Å². The van der Waals surface area contributed by atoms with Gasteiger partial charge in [0.05, 0.1) is 18.9 Å². The SMILES string of the molecule is COC(=O)c1ccc(C(=O)NC2CC23CCN(Cc2cnn(C)c2)CC3)nc1. The van der Waals surface area contributed by atoms with Crippen LogP contribution in [0.3, 0.4) is 0 Å². The molecule has 0 bridgehead atoms. The van der Waals surface area contributed by atoms with Gasteiger partial charge in [0.25, 0.3) is 5.91 Å². The molecular formula is C20H25N5O3. The van der Waals surface area contributed by atoms with Crippen LogP contribution in [0, 0.1) is 5.41 Å². The maximum atomic E-state index is 12.5. The molecule has 1 amide bonds. The number of ether oxygens (including phenoxy) is 1. The van der Waals surface area contributed by atoms with Crippen molar-refractivity contribution >= 4 is 11.9 Å². The zero-order valence-corrected chi connectivity index (χ0v) is 16.2. The number of amides is 1. The average molecular weight is 383 g/mol. The molecule has 2 aromatic rings. The molecule has 0 aromatic carbocycles. The lowest BCUT2D eigenvalue weighted by molar-refractivity contribution is 0.0599. The van der Waals surface area contributed by atoms with Crippen LogP contribution < -0.4 is 5.32 Å². The van der Waals surface area contributed by atoms with E-state index >= 15 is 0 Å². The quantitative estimate of drug-likeness (QED) is 0.785. The van der Waals surface area contributed by atoms with Crippen LogP contribution in [0.1, 0.15) is 45.7 Å². The Morgan fingerprint density at radius 2 is 2.07 bits per heavy atom. The van der Waals surface area contributed by atoms with Crippen molar-refractivity contribution in [1.82, 2.24) is 25.0 Å². The van der Waals surface area contributed by atoms with E-state index in [9.17, 15) is 9.59 Å². The molecule has 1 unspecified atom stereocenters. The topological polar surface area (TPSA) is 89.4 Å². The third-order valence-electron chi connectivity index (χ3n) is 5.93. The number of hydrogen-bond acceptors (Lipinski definition) is 6. The third-order valence-corrected chi connectivity index (χ3v) is 5.93. The first-order chi connectivity index (χ1) is 13.5. The molecule has 1 saturated carbocycles. The lowest BCUT2D eigenvalue weighted by Crippen LogP contribution is -2.38. The van der Waals surface area contributed by atoms with Crippen molar-refractivity contribution in [1.29, 1.82) is 0 Å². The van der Waals surface area contributed by atoms with Crippen molar-refractivity contribution in [2.75, 3.05) is 20.2 Å². The number of nitrogens with one attached hydrogen (secondary N) is 1. The number of esters is 1. The molecule has 4 rings (SSSR count). The molecular weight excluding hydrogens is 358 g/mol. The first-order valence-electron chi connectivity index (χ1n) is 9.54. The van der Waals surface area contributed by atoms with Crippen molar-refractivity contribution in [2.45, 2.75) is 31.8 Å². The van der Waals surface area contributed by atoms with Crippen LogP contribution in [-0.2, 0) is 18.3 Å². The Balaban J connectivity index is 1.27. The highest BCUT2D eigenvalue weighted by Crippen LogP contribution is 2.54. The number of likely N-dealkylation sites (tertiary alicyclic amines) is 1. The molecule has 28 heavy (non-hydrogen) atoms. The van der Waals surface area contributed by atoms with Gasteiger partial charge in [0.15, 0.2) is 0 Å². The molecule has 1 aliphatic heterocycles. The fraction of sp³-hybridized carbons (Fsp3) is 0.500. The predicted octanol–water partition coefficient (Wildman–Crippen LogP) is 1.39. The Bertz CT molecular complexity index is 868. The lowest BCUT2D eigenvalue weighted by atomic mass is 9.92. The zero-order valence-electron chi connectivity index (χ0n) is 16.2. The predicted molar refractivity (Wildman–Crippen MR) is 102 cm³/mol. The van der Waals surface area contributed by atoms with Gasteiger partial charge in [-0.1, -0.05) is 0 Å². The molecule has 3 heterocycles. The van der Waals surface area contributed by atoms with Crippen molar-refractivity contribution in [3.05, 3.63) is 47.5 Å². The number of hydrogen-bond donors (Lipinski definition) is 1. The summed E-state index contributed by atoms with van der Waals surface area (Å²) >= 11 is 0. The molecule has 8 nitrogen and oxygen atoms in total. The van der Waals surface area contributed by atoms with Crippen molar-refractivity contribution in [3.63, 3.8) is 0 Å². The van der Waals surface area contributed by atoms with Crippen LogP contribution in [0.15, 0.2) is 30.7 Å². The Hall–Kier alpha value is -2.74. The molecule has 148 valence electrons. The summed E-state index contributed by atoms with van der Waals surface area (Å²) in [5, 5.41) is 7.34. The number of aryl methyl sites for hydroxylation is 1. The molecule has 2 fully saturated rings. The van der Waals surface area contributed by atoms with Gasteiger partial charge in [-0.3, -0.25) is 19.4 Å². The fourth-order valence-electron chi connectivity index (χ4n) is 4.07. The summed E-state index contributed by atoms with van der Waals surface area (Å²) in [6, 6.07) is 3.34. The molecule has 2 aromatic heterocycles. The lowest BCUT2D eigenvalue weighted by Gasteiger charge is -2.32. The van der Waals surface area contributed by atoms with Crippen molar-refractivity contribution in [2.24, 2.45) is 12.5 Å². The Kier molecular flexibility index (Phi) is 4.89. The Morgan fingerprint density at radius 3 is 2.68 bits per heavy atom. The molecule has 0 radical (unpaired) electrons. The second-order valence-corrected chi connectivity index (χ2v) is 7.81. The van der Waals surface area contributed by atoms with Gasteiger partial charge in [0, 0.05) is 37.6 Å². The van der Waals surface area contributed by atoms with Gasteiger partial charge >= 0.3 is 5.97 Å². The smallest absolute Gasteiger partial charge is 0.339 e. The number of carbonyl (C=O) groups excluding carboxylic acids is 2. The Labute approximate surface area is 163 Å². The van der Waals surface area contributed by atoms with E-state index in [1.54, 1.807) is 12.1 Å². The highest BCUT2D eigenvalue weighted by Gasteiger charge is 2.55. The van der Waals surface area contributed by atoms with Crippen molar-refractivity contribution in [3.8, 4) is 0 Å². The summed E-state index contributed by atoms with van der Waals surface area (Å²) in [6.07, 6.45) is 8.56. The van der Waals surface area contributed by atoms with Gasteiger partial charge in [-0.05, 0) is 49.9 Å². The van der Waals surface area contributed by atoms with Crippen LogP contribution in [0.5, 0.6) is 0 Å². The zero-order chi connectivity index (χ0) is 19.7. The largest absolute Gasteiger partial charge is 0.465 e. The number of nitrogens with zero attached hydrogens (tertiary/aromatic N) is 4. The van der Waals surface area contributed by atoms with E-state index in [0.29, 0.717) is 11.3 Å². The van der Waals surface area contributed by atoms with Gasteiger partial charge in [-0.25, -0.2) is 4.79 Å². The highest BCUT2D eigenvalue weighted by atomic mass is 16.5. The summed E-state index contributed by atoms with van der Waals surface area (Å²) in [5.74, 6) is -0.644. The number of aromatic nitrogens is 3. The molecule has 1 saturated heterocycles. The average Bonchev–Trinajstić information content (AvgIpc) is 3.19. The van der Waals surface area contributed by atoms with E-state index in [4.69, 9.17) is 0 Å². The van der Waals surface area contributed by atoms with Gasteiger partial charge < -0.3 is 10.1 Å². The van der Waals surface area contributed by atoms with Gasteiger partial charge in [0.2, 0.25) is 0 Å². The minimum atomic E-state index is -0.460. The minimum Gasteiger partial charge on any atom is -0.465 e. The van der Waals surface area contributed by atoms with E-state index in [1.807, 2.05) is 17.9 Å². The van der Waals surface area contributed by atoms with Gasteiger partial charge in [-0.15, -0.1) is 0 Å². The number of piperidine rings is 1. The van der Waals surface area contributed by atoms with E-state index < -0.39 is 5.97 Å². The Morgan fingerprint density at radius 1 is 1.29 bits per heavy atom. The van der Waals surface area contributed by atoms with E-state index in [2.05, 4.69) is 31.2 Å². The van der Waals surface area contributed by atoms with Gasteiger partial charge in [-0.2, -0.15) is 5.10 Å². The second-order valence-electron chi connectivity index (χ2n) is 7.81. The summed E-state index contributed by atoms with van der Waals surface area (Å²) in [6.45, 7) is 3.00. The summed E-state index contributed by atoms with van der Waals surface area (Å²) in [4.78, 5) is 30.5. The van der Waals surface area contributed by atoms with Crippen LogP contribution in [0.4, 0.5) is 0 Å². The van der Waals surface area contributed by atoms with E-state index in [0.717, 1.165) is 38.9 Å². The monoisotopic (exact) mass is 383 g/mol. The molecule has 1 N–H and O–H groups in total. The maximum Gasteiger partial charge on any atom is 0.339 e. The third kappa shape index (κ3) is 3.77. The molecule has 2 aliphatic rings. The first kappa shape index (κ1) is 18.6. The van der Waals surface area contributed by atoms with Crippen LogP contribution in [0.25, 0.3) is 0 Å². The number of pyridine rings is 1. The number of methoxy groups -OCH3 is 1. The van der Waals surface area contributed by atoms with Crippen LogP contribution in [-0.4, -0.2) is 57.8 Å². The van der Waals surface area contributed by atoms with Crippen LogP contribution >= 0.6 is 0 Å². The standard InChI is InChI=1S/C20H25N5O3/c1-24-12-14(10-22-24)13-25-7-5-20(6-8-25)9-17(20)23-18(26)16-4-3-15(11-21-16)19(27)28-2/h3-4,10-12,17H,5-9,13H2,1-2H3,(H,23,26). The first-order valence-corrected chi connectivity index (χ1v) is 9.54. The fourth-order valence-corrected chi connectivity index (χ4v) is 4.07. The summed E-state index contributed by atoms with van der Waals surface area (Å²) in [7, 11) is 3.25. The normalized spacial score (nSPS) is 20.7. The second kappa shape index (κ2) is 7.35. The highest BCUT2D eigenvalue weighted by molar-refractivity contribution is 5.94. The van der Waals surface area contributed by atoms with Crippen molar-refractivity contribution < 1.29 is 14.3 Å². The summed E-state index contributed by atoms with van der Waals surface area (Å²) in [5.41, 5.74) is 2.12. The number of carbonyl (C=O) groups is 2. The summed E-state index contributed by atoms with van der Waals surface area (Å²) < 4.78 is 6.48. The van der Waals surface area contributed by atoms with Gasteiger partial charge in [0.1, 0.15) is 5.69 Å².